The zero-order valence-electron chi connectivity index (χ0n) is 16.4. The minimum absolute atomic E-state index is 0.119. The number of carbonyl (C=O) groups is 1. The van der Waals surface area contributed by atoms with Crippen LogP contribution >= 0.6 is 11.6 Å². The van der Waals surface area contributed by atoms with Crippen molar-refractivity contribution < 1.29 is 9.53 Å². The molecule has 1 amide bonds. The van der Waals surface area contributed by atoms with E-state index in [4.69, 9.17) is 16.3 Å². The summed E-state index contributed by atoms with van der Waals surface area (Å²) in [7, 11) is 0. The number of hydrogen-bond donors (Lipinski definition) is 3. The molecule has 1 aromatic carbocycles. The third-order valence-corrected chi connectivity index (χ3v) is 5.81. The van der Waals surface area contributed by atoms with E-state index < -0.39 is 6.04 Å². The molecule has 0 bridgehead atoms. The summed E-state index contributed by atoms with van der Waals surface area (Å²) in [6, 6.07) is 5.20. The highest BCUT2D eigenvalue weighted by atomic mass is 35.5. The molecular weight excluding hydrogens is 404 g/mol. The predicted molar refractivity (Wildman–Crippen MR) is 118 cm³/mol. The first-order chi connectivity index (χ1) is 14.7. The van der Waals surface area contributed by atoms with Gasteiger partial charge in [-0.3, -0.25) is 19.7 Å². The summed E-state index contributed by atoms with van der Waals surface area (Å²) in [6.45, 7) is 4.01. The summed E-state index contributed by atoms with van der Waals surface area (Å²) in [4.78, 5) is 27.4. The second-order valence-electron chi connectivity index (χ2n) is 7.58. The first kappa shape index (κ1) is 19.3. The maximum atomic E-state index is 13.2. The number of aromatic amines is 1. The number of morpholine rings is 1. The maximum Gasteiger partial charge on any atom is 0.244 e. The van der Waals surface area contributed by atoms with Crippen LogP contribution in [0.1, 0.15) is 6.42 Å². The number of nitrogens with one attached hydrogen (secondary N) is 3. The number of H-pyrrole nitrogens is 1. The van der Waals surface area contributed by atoms with E-state index in [9.17, 15) is 4.79 Å². The molecule has 0 aliphatic carbocycles. The van der Waals surface area contributed by atoms with Crippen LogP contribution < -0.4 is 10.6 Å². The molecule has 0 spiro atoms. The van der Waals surface area contributed by atoms with Crippen molar-refractivity contribution in [2.24, 2.45) is 4.99 Å². The number of fused-ring (bicyclic) bond motifs is 3. The van der Waals surface area contributed by atoms with E-state index in [1.54, 1.807) is 18.5 Å². The van der Waals surface area contributed by atoms with Gasteiger partial charge in [0.15, 0.2) is 0 Å². The molecule has 2 aromatic heterocycles. The second-order valence-corrected chi connectivity index (χ2v) is 8.02. The van der Waals surface area contributed by atoms with E-state index in [1.807, 2.05) is 12.1 Å². The van der Waals surface area contributed by atoms with Gasteiger partial charge in [0, 0.05) is 41.6 Å². The van der Waals surface area contributed by atoms with Gasteiger partial charge in [0.1, 0.15) is 11.9 Å². The Bertz CT molecular complexity index is 1130. The highest BCUT2D eigenvalue weighted by molar-refractivity contribution is 6.33. The Labute approximate surface area is 178 Å². The minimum Gasteiger partial charge on any atom is -0.378 e. The normalized spacial score (nSPS) is 20.2. The number of rotatable bonds is 4. The number of halogens is 1. The van der Waals surface area contributed by atoms with Gasteiger partial charge in [-0.2, -0.15) is 0 Å². The molecule has 5 rings (SSSR count). The van der Waals surface area contributed by atoms with E-state index in [-0.39, 0.29) is 5.91 Å². The lowest BCUT2D eigenvalue weighted by molar-refractivity contribution is -0.126. The van der Waals surface area contributed by atoms with Crippen molar-refractivity contribution in [1.29, 1.82) is 0 Å². The van der Waals surface area contributed by atoms with Gasteiger partial charge < -0.3 is 20.4 Å². The first-order valence-electron chi connectivity index (χ1n) is 10.1. The number of aromatic nitrogens is 2. The van der Waals surface area contributed by atoms with Gasteiger partial charge in [-0.25, -0.2) is 0 Å². The fraction of sp³-hybridized carbons (Fsp3) is 0.381. The smallest absolute Gasteiger partial charge is 0.244 e. The van der Waals surface area contributed by atoms with E-state index in [0.717, 1.165) is 47.2 Å². The van der Waals surface area contributed by atoms with Crippen LogP contribution in [0.4, 0.5) is 5.69 Å². The highest BCUT2D eigenvalue weighted by Gasteiger charge is 2.31. The molecule has 3 aromatic rings. The number of amides is 1. The van der Waals surface area contributed by atoms with Crippen LogP contribution in [0, 0.1) is 0 Å². The maximum absolute atomic E-state index is 13.2. The molecule has 156 valence electrons. The number of nitrogens with zero attached hydrogens (tertiary/aromatic N) is 3. The standard InChI is InChI=1S/C21H23ClN6O2/c22-13-8-15-14-2-5-23-10-17(14)26-20(15)16(9-13)27-21(29)18-12-30-7-6-28(18)11-19-24-3-1-4-25-19/h2,5,8-10,18,26H,1,3-4,6-7,11-12H2,(H,24,25)(H,27,29)/t18-/m0/s1. The number of benzene rings is 1. The Balaban J connectivity index is 1.42. The number of amidine groups is 1. The zero-order valence-corrected chi connectivity index (χ0v) is 17.2. The predicted octanol–water partition coefficient (Wildman–Crippen LogP) is 2.40. The molecular formula is C21H23ClN6O2. The van der Waals surface area contributed by atoms with Crippen molar-refractivity contribution in [3.05, 3.63) is 35.6 Å². The van der Waals surface area contributed by atoms with Crippen LogP contribution in [-0.4, -0.2) is 72.0 Å². The van der Waals surface area contributed by atoms with Crippen molar-refractivity contribution in [2.45, 2.75) is 12.5 Å². The first-order valence-corrected chi connectivity index (χ1v) is 10.5. The van der Waals surface area contributed by atoms with Crippen molar-refractivity contribution >= 4 is 50.8 Å². The lowest BCUT2D eigenvalue weighted by Gasteiger charge is -2.35. The van der Waals surface area contributed by atoms with Gasteiger partial charge >= 0.3 is 0 Å². The van der Waals surface area contributed by atoms with Crippen molar-refractivity contribution in [3.63, 3.8) is 0 Å². The van der Waals surface area contributed by atoms with E-state index in [1.165, 1.54) is 0 Å². The largest absolute Gasteiger partial charge is 0.378 e. The van der Waals surface area contributed by atoms with Gasteiger partial charge in [-0.1, -0.05) is 11.6 Å². The topological polar surface area (TPSA) is 94.6 Å². The van der Waals surface area contributed by atoms with Crippen LogP contribution in [0.3, 0.4) is 0 Å². The van der Waals surface area contributed by atoms with Crippen LogP contribution in [0.2, 0.25) is 5.02 Å². The molecule has 4 heterocycles. The molecule has 2 aliphatic rings. The van der Waals surface area contributed by atoms with Gasteiger partial charge in [0.05, 0.1) is 42.7 Å². The third kappa shape index (κ3) is 3.74. The number of hydrogen-bond acceptors (Lipinski definition) is 6. The third-order valence-electron chi connectivity index (χ3n) is 5.59. The molecule has 1 fully saturated rings. The van der Waals surface area contributed by atoms with E-state index in [0.29, 0.717) is 37.0 Å². The van der Waals surface area contributed by atoms with Gasteiger partial charge in [-0.15, -0.1) is 0 Å². The van der Waals surface area contributed by atoms with Crippen LogP contribution in [0.5, 0.6) is 0 Å². The van der Waals surface area contributed by atoms with E-state index in [2.05, 4.69) is 30.5 Å². The van der Waals surface area contributed by atoms with Gasteiger partial charge in [0.25, 0.3) is 0 Å². The van der Waals surface area contributed by atoms with Gasteiger partial charge in [-0.05, 0) is 24.6 Å². The SMILES string of the molecule is O=C(Nc1cc(Cl)cc2c1[nH]c1cnccc12)[C@@H]1COCCN1CC1=NCCCN1. The Morgan fingerprint density at radius 1 is 1.37 bits per heavy atom. The Morgan fingerprint density at radius 2 is 2.30 bits per heavy atom. The molecule has 1 saturated heterocycles. The molecule has 0 saturated carbocycles. The van der Waals surface area contributed by atoms with Crippen LogP contribution in [0.25, 0.3) is 21.8 Å². The number of carbonyl (C=O) groups excluding carboxylic acids is 1. The zero-order chi connectivity index (χ0) is 20.5. The minimum atomic E-state index is -0.398. The summed E-state index contributed by atoms with van der Waals surface area (Å²) >= 11 is 6.37. The van der Waals surface area contributed by atoms with Crippen LogP contribution in [0.15, 0.2) is 35.6 Å². The average molecular weight is 427 g/mol. The molecule has 0 unspecified atom stereocenters. The van der Waals surface area contributed by atoms with Crippen molar-refractivity contribution in [1.82, 2.24) is 20.2 Å². The Kier molecular flexibility index (Phi) is 5.28. The molecule has 8 nitrogen and oxygen atoms in total. The molecule has 2 aliphatic heterocycles. The molecule has 30 heavy (non-hydrogen) atoms. The summed E-state index contributed by atoms with van der Waals surface area (Å²) < 4.78 is 5.61. The number of pyridine rings is 1. The number of ether oxygens (including phenoxy) is 1. The molecule has 0 radical (unpaired) electrons. The van der Waals surface area contributed by atoms with Crippen LogP contribution in [-0.2, 0) is 9.53 Å². The number of anilines is 1. The summed E-state index contributed by atoms with van der Waals surface area (Å²) in [5.41, 5.74) is 2.38. The quantitative estimate of drug-likeness (QED) is 0.595. The molecule has 3 N–H and O–H groups in total. The fourth-order valence-corrected chi connectivity index (χ4v) is 4.30. The number of aliphatic imine (C=N–C) groups is 1. The van der Waals surface area contributed by atoms with Gasteiger partial charge in [0.2, 0.25) is 5.91 Å². The highest BCUT2D eigenvalue weighted by Crippen LogP contribution is 2.33. The van der Waals surface area contributed by atoms with E-state index >= 15 is 0 Å². The lowest BCUT2D eigenvalue weighted by Crippen LogP contribution is -2.55. The summed E-state index contributed by atoms with van der Waals surface area (Å²) in [5, 5.41) is 8.93. The Hall–Kier alpha value is -2.68. The van der Waals surface area contributed by atoms with Crippen molar-refractivity contribution in [2.75, 3.05) is 44.7 Å². The monoisotopic (exact) mass is 426 g/mol. The fourth-order valence-electron chi connectivity index (χ4n) is 4.08. The molecule has 1 atom stereocenters. The van der Waals surface area contributed by atoms with Crippen molar-refractivity contribution in [3.8, 4) is 0 Å². The lowest BCUT2D eigenvalue weighted by atomic mass is 10.1. The second kappa shape index (κ2) is 8.22. The Morgan fingerprint density at radius 3 is 3.17 bits per heavy atom. The summed E-state index contributed by atoms with van der Waals surface area (Å²) in [5.74, 6) is 0.820. The summed E-state index contributed by atoms with van der Waals surface area (Å²) in [6.07, 6.45) is 4.55. The molecule has 9 heteroatoms. The average Bonchev–Trinajstić information content (AvgIpc) is 3.14.